The lowest BCUT2D eigenvalue weighted by molar-refractivity contribution is 0.332. The molecule has 0 saturated carbocycles. The molecule has 5 heteroatoms. The molecule has 0 aromatic carbocycles. The molecule has 0 aliphatic heterocycles. The minimum atomic E-state index is -0.00323. The second-order valence-corrected chi connectivity index (χ2v) is 6.78. The zero-order valence-electron chi connectivity index (χ0n) is 13.8. The van der Waals surface area contributed by atoms with Crippen LogP contribution < -0.4 is 5.32 Å². The largest absolute Gasteiger partial charge is 0.444 e. The zero-order valence-corrected chi connectivity index (χ0v) is 13.8. The molecule has 0 unspecified atom stereocenters. The second kappa shape index (κ2) is 6.02. The first kappa shape index (κ1) is 15.8. The molecule has 0 radical (unpaired) electrons. The van der Waals surface area contributed by atoms with Gasteiger partial charge >= 0.3 is 0 Å². The zero-order chi connectivity index (χ0) is 15.6. The van der Waals surface area contributed by atoms with E-state index in [1.807, 2.05) is 17.1 Å². The molecule has 0 spiro atoms. The highest BCUT2D eigenvalue weighted by molar-refractivity contribution is 5.06. The van der Waals surface area contributed by atoms with Crippen molar-refractivity contribution >= 4 is 0 Å². The van der Waals surface area contributed by atoms with E-state index in [2.05, 4.69) is 63.1 Å². The van der Waals surface area contributed by atoms with Gasteiger partial charge in [0.15, 0.2) is 0 Å². The van der Waals surface area contributed by atoms with Crippen LogP contribution in [0.1, 0.15) is 57.9 Å². The van der Waals surface area contributed by atoms with E-state index in [9.17, 15) is 0 Å². The Labute approximate surface area is 126 Å². The van der Waals surface area contributed by atoms with Crippen LogP contribution in [-0.2, 0) is 12.0 Å². The van der Waals surface area contributed by atoms with E-state index in [1.165, 1.54) is 5.56 Å². The van der Waals surface area contributed by atoms with E-state index in [4.69, 9.17) is 4.42 Å². The van der Waals surface area contributed by atoms with Crippen LogP contribution in [0.3, 0.4) is 0 Å². The van der Waals surface area contributed by atoms with Crippen molar-refractivity contribution in [3.05, 3.63) is 35.8 Å². The van der Waals surface area contributed by atoms with Crippen LogP contribution in [0, 0.1) is 6.92 Å². The Morgan fingerprint density at radius 2 is 2.00 bits per heavy atom. The van der Waals surface area contributed by atoms with Crippen molar-refractivity contribution in [2.75, 3.05) is 0 Å². The molecule has 2 aromatic heterocycles. The topological polar surface area (TPSA) is 55.9 Å². The molecule has 0 amide bonds. The third kappa shape index (κ3) is 3.94. The van der Waals surface area contributed by atoms with Gasteiger partial charge in [-0.25, -0.2) is 4.98 Å². The number of rotatable bonds is 5. The lowest BCUT2D eigenvalue weighted by atomic mass is 9.94. The third-order valence-electron chi connectivity index (χ3n) is 3.74. The number of nitrogens with one attached hydrogen (secondary N) is 1. The molecule has 2 aromatic rings. The fourth-order valence-electron chi connectivity index (χ4n) is 2.04. The predicted octanol–water partition coefficient (Wildman–Crippen LogP) is 3.22. The molecule has 2 rings (SSSR count). The van der Waals surface area contributed by atoms with Gasteiger partial charge in [0, 0.05) is 17.7 Å². The molecule has 0 bridgehead atoms. The van der Waals surface area contributed by atoms with Gasteiger partial charge < -0.3 is 9.73 Å². The van der Waals surface area contributed by atoms with Crippen LogP contribution in [-0.4, -0.2) is 20.8 Å². The molecule has 5 nitrogen and oxygen atoms in total. The van der Waals surface area contributed by atoms with Gasteiger partial charge in [0.2, 0.25) is 5.89 Å². The number of aryl methyl sites for hydroxylation is 1. The summed E-state index contributed by atoms with van der Waals surface area (Å²) < 4.78 is 7.78. The first-order chi connectivity index (χ1) is 9.77. The van der Waals surface area contributed by atoms with Crippen LogP contribution in [0.15, 0.2) is 23.0 Å². The third-order valence-corrected chi connectivity index (χ3v) is 3.74. The fourth-order valence-corrected chi connectivity index (χ4v) is 2.04. The summed E-state index contributed by atoms with van der Waals surface area (Å²) in [5.41, 5.74) is 1.17. The number of oxazole rings is 1. The maximum absolute atomic E-state index is 5.79. The van der Waals surface area contributed by atoms with Crippen molar-refractivity contribution in [3.8, 4) is 0 Å². The Morgan fingerprint density at radius 1 is 1.29 bits per heavy atom. The molecule has 2 heterocycles. The van der Waals surface area contributed by atoms with E-state index in [-0.39, 0.29) is 17.5 Å². The van der Waals surface area contributed by atoms with E-state index in [0.717, 1.165) is 11.7 Å². The van der Waals surface area contributed by atoms with Crippen molar-refractivity contribution in [1.29, 1.82) is 0 Å². The van der Waals surface area contributed by atoms with Crippen LogP contribution in [0.5, 0.6) is 0 Å². The molecule has 0 aliphatic carbocycles. The van der Waals surface area contributed by atoms with E-state index in [0.29, 0.717) is 6.54 Å². The molecular formula is C16H26N4O. The molecule has 0 aliphatic rings. The molecule has 0 fully saturated rings. The Morgan fingerprint density at radius 3 is 2.52 bits per heavy atom. The lowest BCUT2D eigenvalue weighted by Crippen LogP contribution is -2.33. The van der Waals surface area contributed by atoms with Crippen molar-refractivity contribution < 1.29 is 4.42 Å². The quantitative estimate of drug-likeness (QED) is 0.918. The normalized spacial score (nSPS) is 15.1. The van der Waals surface area contributed by atoms with Crippen LogP contribution in [0.2, 0.25) is 0 Å². The maximum Gasteiger partial charge on any atom is 0.208 e. The molecule has 0 saturated heterocycles. The fraction of sp³-hybridized carbons (Fsp3) is 0.625. The average Bonchev–Trinajstić information content (AvgIpc) is 3.03. The summed E-state index contributed by atoms with van der Waals surface area (Å²) in [4.78, 5) is 4.34. The smallest absolute Gasteiger partial charge is 0.208 e. The van der Waals surface area contributed by atoms with Crippen molar-refractivity contribution in [2.45, 2.75) is 65.6 Å². The highest BCUT2D eigenvalue weighted by Gasteiger charge is 2.20. The summed E-state index contributed by atoms with van der Waals surface area (Å²) >= 11 is 0. The molecule has 21 heavy (non-hydrogen) atoms. The number of nitrogens with zero attached hydrogens (tertiary/aromatic N) is 3. The summed E-state index contributed by atoms with van der Waals surface area (Å²) in [5.74, 6) is 1.65. The van der Waals surface area contributed by atoms with Crippen LogP contribution >= 0.6 is 0 Å². The molecule has 1 N–H and O–H groups in total. The Bertz CT molecular complexity index is 579. The highest BCUT2D eigenvalue weighted by Crippen LogP contribution is 2.22. The average molecular weight is 290 g/mol. The Hall–Kier alpha value is -1.62. The Balaban J connectivity index is 1.92. The maximum atomic E-state index is 5.79. The molecule has 116 valence electrons. The number of hydrogen-bond acceptors (Lipinski definition) is 4. The standard InChI is InChI=1S/C16H26N4O/c1-11-7-19-20(10-11)13(3)12(2)17-9-15-18-8-14(21-15)16(4,5)6/h7-8,10,12-13,17H,9H2,1-6H3/t12-,13-/m1/s1. The first-order valence-electron chi connectivity index (χ1n) is 7.46. The summed E-state index contributed by atoms with van der Waals surface area (Å²) in [7, 11) is 0. The van der Waals surface area contributed by atoms with Crippen molar-refractivity contribution in [3.63, 3.8) is 0 Å². The van der Waals surface area contributed by atoms with Gasteiger partial charge in [-0.1, -0.05) is 20.8 Å². The van der Waals surface area contributed by atoms with Gasteiger partial charge in [-0.3, -0.25) is 4.68 Å². The van der Waals surface area contributed by atoms with Gasteiger partial charge in [0.1, 0.15) is 5.76 Å². The summed E-state index contributed by atoms with van der Waals surface area (Å²) in [5, 5.41) is 7.82. The second-order valence-electron chi connectivity index (χ2n) is 6.78. The highest BCUT2D eigenvalue weighted by atomic mass is 16.4. The minimum Gasteiger partial charge on any atom is -0.444 e. The van der Waals surface area contributed by atoms with Crippen LogP contribution in [0.4, 0.5) is 0 Å². The Kier molecular flexibility index (Phi) is 4.52. The van der Waals surface area contributed by atoms with Gasteiger partial charge in [0.05, 0.1) is 25.0 Å². The first-order valence-corrected chi connectivity index (χ1v) is 7.46. The predicted molar refractivity (Wildman–Crippen MR) is 83.2 cm³/mol. The summed E-state index contributed by atoms with van der Waals surface area (Å²) in [6.45, 7) is 13.3. The summed E-state index contributed by atoms with van der Waals surface area (Å²) in [6, 6.07) is 0.546. The molecular weight excluding hydrogens is 264 g/mol. The lowest BCUT2D eigenvalue weighted by Gasteiger charge is -2.21. The van der Waals surface area contributed by atoms with E-state index in [1.54, 1.807) is 0 Å². The van der Waals surface area contributed by atoms with Crippen molar-refractivity contribution in [1.82, 2.24) is 20.1 Å². The monoisotopic (exact) mass is 290 g/mol. The number of hydrogen-bond donors (Lipinski definition) is 1. The van der Waals surface area contributed by atoms with E-state index >= 15 is 0 Å². The van der Waals surface area contributed by atoms with Crippen molar-refractivity contribution in [2.24, 2.45) is 0 Å². The summed E-state index contributed by atoms with van der Waals surface area (Å²) in [6.07, 6.45) is 5.76. The van der Waals surface area contributed by atoms with Gasteiger partial charge in [0.25, 0.3) is 0 Å². The van der Waals surface area contributed by atoms with Gasteiger partial charge in [-0.05, 0) is 26.3 Å². The van der Waals surface area contributed by atoms with Gasteiger partial charge in [-0.15, -0.1) is 0 Å². The SMILES string of the molecule is Cc1cnn([C@H](C)[C@@H](C)NCc2ncc(C(C)(C)C)o2)c1. The van der Waals surface area contributed by atoms with E-state index < -0.39 is 0 Å². The number of aromatic nitrogens is 3. The van der Waals surface area contributed by atoms with Gasteiger partial charge in [-0.2, -0.15) is 5.10 Å². The molecule has 2 atom stereocenters. The minimum absolute atomic E-state index is 0.00323. The van der Waals surface area contributed by atoms with Crippen LogP contribution in [0.25, 0.3) is 0 Å².